The van der Waals surface area contributed by atoms with Gasteiger partial charge in [-0.2, -0.15) is 0 Å². The van der Waals surface area contributed by atoms with Gasteiger partial charge in [-0.1, -0.05) is 23.8 Å². The molecule has 4 nitrogen and oxygen atoms in total. The van der Waals surface area contributed by atoms with Crippen molar-refractivity contribution in [1.82, 2.24) is 10.0 Å². The van der Waals surface area contributed by atoms with Crippen LogP contribution in [0.5, 0.6) is 0 Å². The van der Waals surface area contributed by atoms with Gasteiger partial charge in [0.1, 0.15) is 0 Å². The monoisotopic (exact) mass is 314 g/mol. The molecule has 0 unspecified atom stereocenters. The first-order valence-corrected chi connectivity index (χ1v) is 8.01. The smallest absolute Gasteiger partial charge is 0.267 e. The molecule has 0 bridgehead atoms. The molecule has 2 rings (SSSR count). The SMILES string of the molecule is C/C=C/C(=O)N1C(=O)CC(C)(C)N1Cc1c(C)cc(C)cc1C. The van der Waals surface area contributed by atoms with Crippen molar-refractivity contribution in [2.45, 2.75) is 60.0 Å². The van der Waals surface area contributed by atoms with Crippen LogP contribution >= 0.6 is 0 Å². The first kappa shape index (κ1) is 17.4. The van der Waals surface area contributed by atoms with E-state index in [0.717, 1.165) is 0 Å². The van der Waals surface area contributed by atoms with E-state index in [1.165, 1.54) is 33.3 Å². The average molecular weight is 314 g/mol. The van der Waals surface area contributed by atoms with Gasteiger partial charge >= 0.3 is 0 Å². The van der Waals surface area contributed by atoms with Crippen LogP contribution in [0, 0.1) is 20.8 Å². The number of nitrogens with zero attached hydrogens (tertiary/aromatic N) is 2. The average Bonchev–Trinajstić information content (AvgIpc) is 2.62. The number of hydrogen-bond acceptors (Lipinski definition) is 3. The zero-order chi connectivity index (χ0) is 17.4. The molecule has 0 radical (unpaired) electrons. The summed E-state index contributed by atoms with van der Waals surface area (Å²) in [5, 5.41) is 3.21. The van der Waals surface area contributed by atoms with Crippen molar-refractivity contribution in [1.29, 1.82) is 0 Å². The van der Waals surface area contributed by atoms with Crippen molar-refractivity contribution in [2.75, 3.05) is 0 Å². The van der Waals surface area contributed by atoms with Crippen molar-refractivity contribution in [3.05, 3.63) is 46.5 Å². The minimum atomic E-state index is -0.377. The van der Waals surface area contributed by atoms with Crippen molar-refractivity contribution < 1.29 is 9.59 Å². The molecule has 1 aromatic carbocycles. The van der Waals surface area contributed by atoms with E-state index in [1.807, 2.05) is 18.9 Å². The number of amides is 2. The molecule has 0 spiro atoms. The molecule has 0 atom stereocenters. The van der Waals surface area contributed by atoms with E-state index in [4.69, 9.17) is 0 Å². The van der Waals surface area contributed by atoms with Gasteiger partial charge in [-0.25, -0.2) is 10.0 Å². The Labute approximate surface area is 138 Å². The van der Waals surface area contributed by atoms with E-state index in [1.54, 1.807) is 13.0 Å². The highest BCUT2D eigenvalue weighted by Gasteiger charge is 2.46. The van der Waals surface area contributed by atoms with Gasteiger partial charge in [0.25, 0.3) is 5.91 Å². The standard InChI is InChI=1S/C19H26N2O2/c1-7-8-17(22)21-18(23)11-19(5,6)20(21)12-16-14(3)9-13(2)10-15(16)4/h7-10H,11-12H2,1-6H3/b8-7+. The first-order valence-electron chi connectivity index (χ1n) is 8.01. The molecule has 0 saturated carbocycles. The van der Waals surface area contributed by atoms with E-state index in [0.29, 0.717) is 13.0 Å². The summed E-state index contributed by atoms with van der Waals surface area (Å²) in [6.45, 7) is 12.6. The predicted molar refractivity (Wildman–Crippen MR) is 91.6 cm³/mol. The third kappa shape index (κ3) is 3.37. The van der Waals surface area contributed by atoms with Gasteiger partial charge in [0, 0.05) is 24.6 Å². The molecule has 1 saturated heterocycles. The van der Waals surface area contributed by atoms with Crippen LogP contribution in [0.25, 0.3) is 0 Å². The van der Waals surface area contributed by atoms with Gasteiger partial charge in [-0.3, -0.25) is 9.59 Å². The number of carbonyl (C=O) groups excluding carboxylic acids is 2. The third-order valence-electron chi connectivity index (χ3n) is 4.43. The van der Waals surface area contributed by atoms with Gasteiger partial charge in [-0.15, -0.1) is 0 Å². The molecule has 4 heteroatoms. The molecular weight excluding hydrogens is 288 g/mol. The lowest BCUT2D eigenvalue weighted by Crippen LogP contribution is -2.49. The summed E-state index contributed by atoms with van der Waals surface area (Å²) in [4.78, 5) is 24.7. The van der Waals surface area contributed by atoms with Gasteiger partial charge < -0.3 is 0 Å². The van der Waals surface area contributed by atoms with Crippen molar-refractivity contribution in [3.8, 4) is 0 Å². The number of carbonyl (C=O) groups is 2. The summed E-state index contributed by atoms with van der Waals surface area (Å²) in [6.07, 6.45) is 3.46. The minimum absolute atomic E-state index is 0.138. The summed E-state index contributed by atoms with van der Waals surface area (Å²) in [5.41, 5.74) is 4.41. The van der Waals surface area contributed by atoms with Crippen LogP contribution in [0.3, 0.4) is 0 Å². The minimum Gasteiger partial charge on any atom is -0.273 e. The van der Waals surface area contributed by atoms with E-state index < -0.39 is 0 Å². The number of allylic oxidation sites excluding steroid dienone is 1. The summed E-state index contributed by atoms with van der Waals surface area (Å²) in [7, 11) is 0. The second-order valence-electron chi connectivity index (χ2n) is 6.97. The van der Waals surface area contributed by atoms with E-state index >= 15 is 0 Å². The molecule has 23 heavy (non-hydrogen) atoms. The zero-order valence-corrected chi connectivity index (χ0v) is 14.9. The number of hydrazine groups is 1. The largest absolute Gasteiger partial charge is 0.273 e. The summed E-state index contributed by atoms with van der Waals surface area (Å²) in [6, 6.07) is 4.29. The quantitative estimate of drug-likeness (QED) is 0.802. The molecule has 1 heterocycles. The number of aryl methyl sites for hydroxylation is 3. The van der Waals surface area contributed by atoms with Crippen LogP contribution < -0.4 is 0 Å². The molecule has 1 fully saturated rings. The van der Waals surface area contributed by atoms with Crippen LogP contribution in [-0.4, -0.2) is 27.4 Å². The fourth-order valence-corrected chi connectivity index (χ4v) is 3.29. The lowest BCUT2D eigenvalue weighted by Gasteiger charge is -2.35. The Hall–Kier alpha value is -1.94. The van der Waals surface area contributed by atoms with Gasteiger partial charge in [0.05, 0.1) is 0 Å². The second kappa shape index (κ2) is 6.28. The maximum atomic E-state index is 12.4. The first-order chi connectivity index (χ1) is 10.7. The fraction of sp³-hybridized carbons (Fsp3) is 0.474. The molecular formula is C19H26N2O2. The van der Waals surface area contributed by atoms with Gasteiger partial charge in [-0.05, 0) is 58.2 Å². The molecule has 2 amide bonds. The van der Waals surface area contributed by atoms with Crippen molar-refractivity contribution >= 4 is 11.8 Å². The highest BCUT2D eigenvalue weighted by atomic mass is 16.2. The van der Waals surface area contributed by atoms with Crippen LogP contribution in [0.1, 0.15) is 49.4 Å². The highest BCUT2D eigenvalue weighted by Crippen LogP contribution is 2.33. The normalized spacial score (nSPS) is 18.2. The number of rotatable bonds is 3. The summed E-state index contributed by atoms with van der Waals surface area (Å²) < 4.78 is 0. The Morgan fingerprint density at radius 2 is 1.78 bits per heavy atom. The van der Waals surface area contributed by atoms with E-state index in [9.17, 15) is 9.59 Å². The Bertz CT molecular complexity index is 651. The summed E-state index contributed by atoms with van der Waals surface area (Å²) >= 11 is 0. The Kier molecular flexibility index (Phi) is 4.76. The molecule has 124 valence electrons. The fourth-order valence-electron chi connectivity index (χ4n) is 3.29. The van der Waals surface area contributed by atoms with Gasteiger partial charge in [0.15, 0.2) is 0 Å². The molecule has 1 aliphatic rings. The molecule has 0 aromatic heterocycles. The highest BCUT2D eigenvalue weighted by molar-refractivity contribution is 6.01. The topological polar surface area (TPSA) is 40.6 Å². The van der Waals surface area contributed by atoms with Crippen LogP contribution in [0.15, 0.2) is 24.3 Å². The van der Waals surface area contributed by atoms with E-state index in [-0.39, 0.29) is 17.4 Å². The number of imide groups is 1. The van der Waals surface area contributed by atoms with Crippen molar-refractivity contribution in [3.63, 3.8) is 0 Å². The number of hydrogen-bond donors (Lipinski definition) is 0. The maximum Gasteiger partial charge on any atom is 0.267 e. The maximum absolute atomic E-state index is 12.4. The number of benzene rings is 1. The van der Waals surface area contributed by atoms with E-state index in [2.05, 4.69) is 32.9 Å². The second-order valence-corrected chi connectivity index (χ2v) is 6.97. The molecule has 1 aliphatic heterocycles. The lowest BCUT2D eigenvalue weighted by molar-refractivity contribution is -0.157. The van der Waals surface area contributed by atoms with Crippen LogP contribution in [0.4, 0.5) is 0 Å². The zero-order valence-electron chi connectivity index (χ0n) is 14.9. The Morgan fingerprint density at radius 1 is 1.22 bits per heavy atom. The van der Waals surface area contributed by atoms with Crippen molar-refractivity contribution in [2.24, 2.45) is 0 Å². The van der Waals surface area contributed by atoms with Crippen LogP contribution in [-0.2, 0) is 16.1 Å². The summed E-state index contributed by atoms with van der Waals surface area (Å²) in [5.74, 6) is -0.411. The van der Waals surface area contributed by atoms with Crippen LogP contribution in [0.2, 0.25) is 0 Å². The Morgan fingerprint density at radius 3 is 2.30 bits per heavy atom. The molecule has 1 aromatic rings. The third-order valence-corrected chi connectivity index (χ3v) is 4.43. The predicted octanol–water partition coefficient (Wildman–Crippen LogP) is 3.44. The lowest BCUT2D eigenvalue weighted by atomic mass is 9.97. The molecule has 0 N–H and O–H groups in total. The van der Waals surface area contributed by atoms with Gasteiger partial charge in [0.2, 0.25) is 5.91 Å². The Balaban J connectivity index is 2.42. The molecule has 0 aliphatic carbocycles.